The molecule has 0 aromatic heterocycles. The highest BCUT2D eigenvalue weighted by Crippen LogP contribution is 2.40. The Kier molecular flexibility index (Phi) is 6.20. The lowest BCUT2D eigenvalue weighted by Gasteiger charge is -2.33. The SMILES string of the molecule is C=CCN(CC=C)C(=O)COC(=O)CN1C(=O)N[C@@]2(CCOc3ccccc32)C1=O. The number of urea groups is 1. The fourth-order valence-electron chi connectivity index (χ4n) is 3.51. The van der Waals surface area contributed by atoms with Gasteiger partial charge in [-0.25, -0.2) is 4.79 Å². The molecule has 1 aromatic rings. The van der Waals surface area contributed by atoms with Crippen LogP contribution in [0.25, 0.3) is 0 Å². The molecule has 9 nitrogen and oxygen atoms in total. The number of hydrogen-bond acceptors (Lipinski definition) is 6. The van der Waals surface area contributed by atoms with Gasteiger partial charge in [0.2, 0.25) is 0 Å². The average molecular weight is 413 g/mol. The number of ether oxygens (including phenoxy) is 2. The first-order chi connectivity index (χ1) is 14.4. The molecule has 1 aromatic carbocycles. The van der Waals surface area contributed by atoms with E-state index in [0.29, 0.717) is 11.3 Å². The van der Waals surface area contributed by atoms with E-state index >= 15 is 0 Å². The molecule has 2 aliphatic heterocycles. The largest absolute Gasteiger partial charge is 0.493 e. The van der Waals surface area contributed by atoms with E-state index in [1.165, 1.54) is 4.90 Å². The normalized spacial score (nSPS) is 19.5. The quantitative estimate of drug-likeness (QED) is 0.387. The van der Waals surface area contributed by atoms with Crippen LogP contribution in [-0.2, 0) is 24.7 Å². The molecule has 0 bridgehead atoms. The monoisotopic (exact) mass is 413 g/mol. The van der Waals surface area contributed by atoms with Crippen LogP contribution in [0.15, 0.2) is 49.6 Å². The van der Waals surface area contributed by atoms with Crippen LogP contribution < -0.4 is 10.1 Å². The van der Waals surface area contributed by atoms with E-state index in [2.05, 4.69) is 18.5 Å². The number of para-hydroxylation sites is 1. The Bertz CT molecular complexity index is 888. The zero-order valence-corrected chi connectivity index (χ0v) is 16.5. The van der Waals surface area contributed by atoms with Crippen molar-refractivity contribution in [2.75, 3.05) is 32.8 Å². The predicted molar refractivity (Wildman–Crippen MR) is 106 cm³/mol. The van der Waals surface area contributed by atoms with E-state index in [0.717, 1.165) is 4.90 Å². The summed E-state index contributed by atoms with van der Waals surface area (Å²) in [6.45, 7) is 6.84. The molecule has 1 saturated heterocycles. The summed E-state index contributed by atoms with van der Waals surface area (Å²) >= 11 is 0. The summed E-state index contributed by atoms with van der Waals surface area (Å²) in [4.78, 5) is 52.1. The van der Waals surface area contributed by atoms with Gasteiger partial charge < -0.3 is 19.7 Å². The van der Waals surface area contributed by atoms with E-state index in [-0.39, 0.29) is 26.1 Å². The summed E-state index contributed by atoms with van der Waals surface area (Å²) in [6, 6.07) is 6.25. The number of nitrogens with one attached hydrogen (secondary N) is 1. The number of carbonyl (C=O) groups is 4. The Balaban J connectivity index is 1.65. The highest BCUT2D eigenvalue weighted by atomic mass is 16.5. The van der Waals surface area contributed by atoms with Crippen molar-refractivity contribution >= 4 is 23.8 Å². The maximum absolute atomic E-state index is 13.1. The number of rotatable bonds is 8. The lowest BCUT2D eigenvalue weighted by Crippen LogP contribution is -2.47. The smallest absolute Gasteiger partial charge is 0.326 e. The minimum absolute atomic E-state index is 0.247. The highest BCUT2D eigenvalue weighted by Gasteiger charge is 2.55. The van der Waals surface area contributed by atoms with Crippen molar-refractivity contribution in [3.05, 3.63) is 55.1 Å². The van der Waals surface area contributed by atoms with Gasteiger partial charge in [-0.3, -0.25) is 19.3 Å². The average Bonchev–Trinajstić information content (AvgIpc) is 2.97. The third kappa shape index (κ3) is 3.91. The van der Waals surface area contributed by atoms with Crippen LogP contribution in [0.4, 0.5) is 4.79 Å². The molecule has 0 unspecified atom stereocenters. The predicted octanol–water partition coefficient (Wildman–Crippen LogP) is 0.960. The van der Waals surface area contributed by atoms with Crippen LogP contribution in [0.2, 0.25) is 0 Å². The maximum Gasteiger partial charge on any atom is 0.326 e. The highest BCUT2D eigenvalue weighted by molar-refractivity contribution is 6.09. The van der Waals surface area contributed by atoms with Crippen LogP contribution in [0.1, 0.15) is 12.0 Å². The molecule has 0 saturated carbocycles. The first-order valence-electron chi connectivity index (χ1n) is 9.44. The second kappa shape index (κ2) is 8.81. The molecule has 2 aliphatic rings. The Morgan fingerprint density at radius 3 is 2.63 bits per heavy atom. The molecule has 0 radical (unpaired) electrons. The topological polar surface area (TPSA) is 105 Å². The molecule has 158 valence electrons. The zero-order valence-electron chi connectivity index (χ0n) is 16.5. The molecular formula is C21H23N3O6. The number of benzene rings is 1. The van der Waals surface area contributed by atoms with Crippen molar-refractivity contribution in [2.24, 2.45) is 0 Å². The summed E-state index contributed by atoms with van der Waals surface area (Å²) in [5.74, 6) is -1.33. The van der Waals surface area contributed by atoms with Gasteiger partial charge in [-0.1, -0.05) is 30.4 Å². The second-order valence-electron chi connectivity index (χ2n) is 6.86. The molecular weight excluding hydrogens is 390 g/mol. The molecule has 9 heteroatoms. The van der Waals surface area contributed by atoms with Crippen LogP contribution in [0.3, 0.4) is 0 Å². The van der Waals surface area contributed by atoms with Crippen molar-refractivity contribution in [3.63, 3.8) is 0 Å². The zero-order chi connectivity index (χ0) is 21.7. The maximum atomic E-state index is 13.1. The van der Waals surface area contributed by atoms with Gasteiger partial charge in [0, 0.05) is 25.1 Å². The van der Waals surface area contributed by atoms with Gasteiger partial charge in [-0.15, -0.1) is 13.2 Å². The van der Waals surface area contributed by atoms with Crippen molar-refractivity contribution in [1.82, 2.24) is 15.1 Å². The first kappa shape index (κ1) is 21.1. The number of nitrogens with zero attached hydrogens (tertiary/aromatic N) is 2. The van der Waals surface area contributed by atoms with Gasteiger partial charge in [0.05, 0.1) is 6.61 Å². The van der Waals surface area contributed by atoms with E-state index in [4.69, 9.17) is 9.47 Å². The Morgan fingerprint density at radius 2 is 1.93 bits per heavy atom. The Hall–Kier alpha value is -3.62. The van der Waals surface area contributed by atoms with Gasteiger partial charge in [-0.05, 0) is 6.07 Å². The van der Waals surface area contributed by atoms with Gasteiger partial charge in [0.15, 0.2) is 12.1 Å². The van der Waals surface area contributed by atoms with Crippen molar-refractivity contribution in [1.29, 1.82) is 0 Å². The molecule has 1 spiro atoms. The molecule has 3 rings (SSSR count). The number of amides is 4. The standard InChI is InChI=1S/C21H23N3O6/c1-3-10-23(11-4-2)17(25)14-30-18(26)13-24-19(27)21(22-20(24)28)9-12-29-16-8-6-5-7-15(16)21/h3-8H,1-2,9-14H2,(H,22,28)/t21-/m1/s1. The molecule has 4 amide bonds. The van der Waals surface area contributed by atoms with Gasteiger partial charge >= 0.3 is 12.0 Å². The van der Waals surface area contributed by atoms with Crippen molar-refractivity contribution < 1.29 is 28.7 Å². The van der Waals surface area contributed by atoms with Crippen LogP contribution in [0, 0.1) is 0 Å². The molecule has 1 fully saturated rings. The van der Waals surface area contributed by atoms with Crippen LogP contribution in [-0.4, -0.2) is 66.5 Å². The van der Waals surface area contributed by atoms with E-state index in [1.807, 2.05) is 0 Å². The summed E-state index contributed by atoms with van der Waals surface area (Å²) in [7, 11) is 0. The van der Waals surface area contributed by atoms with Gasteiger partial charge in [-0.2, -0.15) is 0 Å². The summed E-state index contributed by atoms with van der Waals surface area (Å²) in [6.07, 6.45) is 3.33. The van der Waals surface area contributed by atoms with E-state index in [1.54, 1.807) is 36.4 Å². The van der Waals surface area contributed by atoms with E-state index < -0.39 is 42.5 Å². The fourth-order valence-corrected chi connectivity index (χ4v) is 3.51. The third-order valence-electron chi connectivity index (χ3n) is 4.95. The molecule has 1 N–H and O–H groups in total. The molecule has 2 heterocycles. The summed E-state index contributed by atoms with van der Waals surface area (Å²) < 4.78 is 10.6. The number of imide groups is 1. The number of fused-ring (bicyclic) bond motifs is 2. The Morgan fingerprint density at radius 1 is 1.23 bits per heavy atom. The van der Waals surface area contributed by atoms with Crippen LogP contribution >= 0.6 is 0 Å². The van der Waals surface area contributed by atoms with E-state index in [9.17, 15) is 19.2 Å². The lowest BCUT2D eigenvalue weighted by molar-refractivity contribution is -0.153. The van der Waals surface area contributed by atoms with Crippen molar-refractivity contribution in [3.8, 4) is 5.75 Å². The molecule has 0 aliphatic carbocycles. The van der Waals surface area contributed by atoms with Crippen LogP contribution in [0.5, 0.6) is 5.75 Å². The van der Waals surface area contributed by atoms with Gasteiger partial charge in [0.25, 0.3) is 11.8 Å². The Labute approximate surface area is 173 Å². The number of esters is 1. The minimum atomic E-state index is -1.27. The lowest BCUT2D eigenvalue weighted by atomic mass is 9.84. The summed E-state index contributed by atoms with van der Waals surface area (Å²) in [5.41, 5.74) is -0.725. The number of carbonyl (C=O) groups excluding carboxylic acids is 4. The molecule has 1 atom stereocenters. The fraction of sp³-hybridized carbons (Fsp3) is 0.333. The second-order valence-corrected chi connectivity index (χ2v) is 6.86. The molecule has 30 heavy (non-hydrogen) atoms. The third-order valence-corrected chi connectivity index (χ3v) is 4.95. The summed E-state index contributed by atoms with van der Waals surface area (Å²) in [5, 5.41) is 2.70. The number of hydrogen-bond donors (Lipinski definition) is 1. The van der Waals surface area contributed by atoms with Gasteiger partial charge in [0.1, 0.15) is 12.3 Å². The first-order valence-corrected chi connectivity index (χ1v) is 9.44. The van der Waals surface area contributed by atoms with Crippen molar-refractivity contribution in [2.45, 2.75) is 12.0 Å². The minimum Gasteiger partial charge on any atom is -0.493 e.